The van der Waals surface area contributed by atoms with Crippen LogP contribution >= 0.6 is 12.4 Å². The van der Waals surface area contributed by atoms with Crippen molar-refractivity contribution in [1.29, 1.82) is 0 Å². The number of nitrogens with two attached hydrogens (primary N) is 1. The number of fused-ring (bicyclic) bond motifs is 1. The molecule has 1 atom stereocenters. The topological polar surface area (TPSA) is 53.7 Å². The minimum atomic E-state index is 0. The largest absolute Gasteiger partial charge is 0.493 e. The first-order chi connectivity index (χ1) is 7.81. The Balaban J connectivity index is 0.00000144. The van der Waals surface area contributed by atoms with Crippen LogP contribution in [-0.2, 0) is 0 Å². The average Bonchev–Trinajstić information content (AvgIpc) is 2.36. The van der Waals surface area contributed by atoms with Crippen molar-refractivity contribution in [3.05, 3.63) is 17.7 Å². The minimum Gasteiger partial charge on any atom is -0.493 e. The molecular formula is C12H18ClNO3. The third kappa shape index (κ3) is 2.42. The lowest BCUT2D eigenvalue weighted by Crippen LogP contribution is -2.21. The molecule has 0 spiro atoms. The Bertz CT molecular complexity index is 384. The Morgan fingerprint density at radius 1 is 1.35 bits per heavy atom. The number of hydrogen-bond acceptors (Lipinski definition) is 4. The maximum absolute atomic E-state index is 5.75. The van der Waals surface area contributed by atoms with Gasteiger partial charge in [0.1, 0.15) is 0 Å². The monoisotopic (exact) mass is 259 g/mol. The van der Waals surface area contributed by atoms with E-state index in [4.69, 9.17) is 19.9 Å². The van der Waals surface area contributed by atoms with Crippen LogP contribution in [0.4, 0.5) is 0 Å². The molecule has 1 heterocycles. The van der Waals surface area contributed by atoms with Crippen molar-refractivity contribution < 1.29 is 14.2 Å². The van der Waals surface area contributed by atoms with Crippen molar-refractivity contribution in [2.24, 2.45) is 5.73 Å². The molecule has 0 fully saturated rings. The second-order valence-corrected chi connectivity index (χ2v) is 3.79. The molecule has 0 aromatic heterocycles. The highest BCUT2D eigenvalue weighted by molar-refractivity contribution is 5.85. The molecule has 0 bridgehead atoms. The Labute approximate surface area is 107 Å². The summed E-state index contributed by atoms with van der Waals surface area (Å²) in [6.45, 7) is 1.31. The van der Waals surface area contributed by atoms with Gasteiger partial charge < -0.3 is 19.9 Å². The molecule has 4 nitrogen and oxygen atoms in total. The smallest absolute Gasteiger partial charge is 0.203 e. The lowest BCUT2D eigenvalue weighted by molar-refractivity contribution is 0.247. The van der Waals surface area contributed by atoms with E-state index >= 15 is 0 Å². The van der Waals surface area contributed by atoms with Crippen LogP contribution in [0.3, 0.4) is 0 Å². The maximum Gasteiger partial charge on any atom is 0.203 e. The highest BCUT2D eigenvalue weighted by Gasteiger charge is 2.25. The van der Waals surface area contributed by atoms with Gasteiger partial charge >= 0.3 is 0 Å². The lowest BCUT2D eigenvalue weighted by atomic mass is 9.93. The molecule has 1 aliphatic rings. The van der Waals surface area contributed by atoms with E-state index in [0.29, 0.717) is 30.6 Å². The van der Waals surface area contributed by atoms with Crippen LogP contribution in [-0.4, -0.2) is 27.4 Å². The normalized spacial score (nSPS) is 17.5. The van der Waals surface area contributed by atoms with Crippen LogP contribution in [0.1, 0.15) is 17.9 Å². The van der Waals surface area contributed by atoms with Gasteiger partial charge in [0.2, 0.25) is 5.75 Å². The molecule has 0 radical (unpaired) electrons. The van der Waals surface area contributed by atoms with E-state index in [1.807, 2.05) is 12.1 Å². The van der Waals surface area contributed by atoms with Gasteiger partial charge in [-0.3, -0.25) is 0 Å². The van der Waals surface area contributed by atoms with Gasteiger partial charge in [0.25, 0.3) is 0 Å². The number of rotatable bonds is 3. The van der Waals surface area contributed by atoms with E-state index < -0.39 is 0 Å². The number of benzene rings is 1. The summed E-state index contributed by atoms with van der Waals surface area (Å²) in [5, 5.41) is 0. The molecule has 1 aromatic rings. The fourth-order valence-electron chi connectivity index (χ4n) is 2.09. The van der Waals surface area contributed by atoms with Gasteiger partial charge in [0.15, 0.2) is 11.5 Å². The molecule has 96 valence electrons. The first kappa shape index (κ1) is 13.9. The first-order valence-corrected chi connectivity index (χ1v) is 5.39. The standard InChI is InChI=1S/C12H17NO3.ClH/c1-14-10-4-3-9-8(7-13)5-6-16-11(9)12(10)15-2;/h3-4,8H,5-7,13H2,1-2H3;1H. The second kappa shape index (κ2) is 5.98. The molecule has 2 N–H and O–H groups in total. The molecule has 5 heteroatoms. The Morgan fingerprint density at radius 2 is 2.12 bits per heavy atom. The van der Waals surface area contributed by atoms with Gasteiger partial charge in [-0.15, -0.1) is 12.4 Å². The molecule has 17 heavy (non-hydrogen) atoms. The van der Waals surface area contributed by atoms with E-state index in [1.54, 1.807) is 14.2 Å². The summed E-state index contributed by atoms with van der Waals surface area (Å²) < 4.78 is 16.2. The Kier molecular flexibility index (Phi) is 4.90. The zero-order valence-electron chi connectivity index (χ0n) is 10.1. The zero-order chi connectivity index (χ0) is 11.5. The SMILES string of the molecule is COc1ccc2c(c1OC)OCCC2CN.Cl. The summed E-state index contributed by atoms with van der Waals surface area (Å²) in [7, 11) is 3.24. The van der Waals surface area contributed by atoms with Crippen LogP contribution in [0.2, 0.25) is 0 Å². The van der Waals surface area contributed by atoms with Gasteiger partial charge in [0.05, 0.1) is 20.8 Å². The fourth-order valence-corrected chi connectivity index (χ4v) is 2.09. The van der Waals surface area contributed by atoms with E-state index in [0.717, 1.165) is 17.7 Å². The Morgan fingerprint density at radius 3 is 2.71 bits per heavy atom. The van der Waals surface area contributed by atoms with Gasteiger partial charge in [-0.2, -0.15) is 0 Å². The van der Waals surface area contributed by atoms with E-state index in [-0.39, 0.29) is 12.4 Å². The van der Waals surface area contributed by atoms with Crippen LogP contribution in [0.5, 0.6) is 17.2 Å². The van der Waals surface area contributed by atoms with E-state index in [1.165, 1.54) is 0 Å². The van der Waals surface area contributed by atoms with Gasteiger partial charge in [-0.1, -0.05) is 6.07 Å². The number of ether oxygens (including phenoxy) is 3. The number of hydrogen-bond donors (Lipinski definition) is 1. The predicted molar refractivity (Wildman–Crippen MR) is 68.7 cm³/mol. The molecule has 0 aliphatic carbocycles. The third-order valence-corrected chi connectivity index (χ3v) is 2.97. The van der Waals surface area contributed by atoms with Crippen molar-refractivity contribution in [3.63, 3.8) is 0 Å². The summed E-state index contributed by atoms with van der Waals surface area (Å²) >= 11 is 0. The van der Waals surface area contributed by atoms with Crippen LogP contribution < -0.4 is 19.9 Å². The molecule has 0 saturated heterocycles. The second-order valence-electron chi connectivity index (χ2n) is 3.79. The van der Waals surface area contributed by atoms with E-state index in [9.17, 15) is 0 Å². The summed E-state index contributed by atoms with van der Waals surface area (Å²) in [5.41, 5.74) is 6.87. The summed E-state index contributed by atoms with van der Waals surface area (Å²) in [4.78, 5) is 0. The third-order valence-electron chi connectivity index (χ3n) is 2.97. The lowest BCUT2D eigenvalue weighted by Gasteiger charge is -2.26. The molecule has 1 aliphatic heterocycles. The van der Waals surface area contributed by atoms with Crippen molar-refractivity contribution in [1.82, 2.24) is 0 Å². The zero-order valence-corrected chi connectivity index (χ0v) is 10.9. The summed E-state index contributed by atoms with van der Waals surface area (Å²) in [6, 6.07) is 3.91. The summed E-state index contributed by atoms with van der Waals surface area (Å²) in [5.74, 6) is 2.49. The van der Waals surface area contributed by atoms with Crippen molar-refractivity contribution in [2.75, 3.05) is 27.4 Å². The molecule has 2 rings (SSSR count). The minimum absolute atomic E-state index is 0. The fraction of sp³-hybridized carbons (Fsp3) is 0.500. The van der Waals surface area contributed by atoms with Crippen molar-refractivity contribution in [3.8, 4) is 17.2 Å². The van der Waals surface area contributed by atoms with Crippen molar-refractivity contribution >= 4 is 12.4 Å². The summed E-state index contributed by atoms with van der Waals surface area (Å²) in [6.07, 6.45) is 0.957. The molecule has 0 saturated carbocycles. The molecule has 1 unspecified atom stereocenters. The molecule has 1 aromatic carbocycles. The first-order valence-electron chi connectivity index (χ1n) is 5.39. The Hall–Kier alpha value is -1.13. The molecular weight excluding hydrogens is 242 g/mol. The van der Waals surface area contributed by atoms with Crippen molar-refractivity contribution in [2.45, 2.75) is 12.3 Å². The van der Waals surface area contributed by atoms with Gasteiger partial charge in [-0.25, -0.2) is 0 Å². The molecule has 0 amide bonds. The number of methoxy groups -OCH3 is 2. The highest BCUT2D eigenvalue weighted by Crippen LogP contribution is 2.45. The van der Waals surface area contributed by atoms with Crippen LogP contribution in [0.15, 0.2) is 12.1 Å². The quantitative estimate of drug-likeness (QED) is 0.902. The average molecular weight is 260 g/mol. The number of halogens is 1. The van der Waals surface area contributed by atoms with Gasteiger partial charge in [0, 0.05) is 11.5 Å². The maximum atomic E-state index is 5.75. The highest BCUT2D eigenvalue weighted by atomic mass is 35.5. The van der Waals surface area contributed by atoms with Crippen LogP contribution in [0.25, 0.3) is 0 Å². The predicted octanol–water partition coefficient (Wildman–Crippen LogP) is 1.95. The van der Waals surface area contributed by atoms with Gasteiger partial charge in [-0.05, 0) is 19.0 Å². The van der Waals surface area contributed by atoms with Crippen LogP contribution in [0, 0.1) is 0 Å². The van der Waals surface area contributed by atoms with E-state index in [2.05, 4.69) is 0 Å².